The van der Waals surface area contributed by atoms with Crippen molar-refractivity contribution in [1.29, 1.82) is 0 Å². The van der Waals surface area contributed by atoms with Gasteiger partial charge >= 0.3 is 0 Å². The van der Waals surface area contributed by atoms with Gasteiger partial charge in [0, 0.05) is 37.7 Å². The lowest BCUT2D eigenvalue weighted by molar-refractivity contribution is 0.0520. The Kier molecular flexibility index (Phi) is 5.20. The summed E-state index contributed by atoms with van der Waals surface area (Å²) in [6.07, 6.45) is 6.04. The number of hydrogen-bond donors (Lipinski definition) is 1. The molecule has 0 aliphatic carbocycles. The lowest BCUT2D eigenvalue weighted by Crippen LogP contribution is -2.33. The Bertz CT molecular complexity index is 552. The third-order valence-electron chi connectivity index (χ3n) is 4.51. The van der Waals surface area contributed by atoms with E-state index in [2.05, 4.69) is 53.6 Å². The lowest BCUT2D eigenvalue weighted by Gasteiger charge is -2.33. The van der Waals surface area contributed by atoms with Crippen molar-refractivity contribution < 1.29 is 4.74 Å². The van der Waals surface area contributed by atoms with Crippen LogP contribution in [0.3, 0.4) is 0 Å². The number of nitrogens with one attached hydrogen (secondary N) is 1. The molecule has 0 radical (unpaired) electrons. The van der Waals surface area contributed by atoms with Crippen LogP contribution in [0, 0.1) is 5.92 Å². The molecule has 1 saturated heterocycles. The lowest BCUT2D eigenvalue weighted by atomic mass is 9.87. The van der Waals surface area contributed by atoms with Crippen LogP contribution in [0.5, 0.6) is 0 Å². The van der Waals surface area contributed by atoms with Gasteiger partial charge in [-0.05, 0) is 42.9 Å². The first-order valence-electron chi connectivity index (χ1n) is 8.13. The fourth-order valence-corrected chi connectivity index (χ4v) is 3.22. The number of benzene rings is 1. The zero-order valence-electron chi connectivity index (χ0n) is 13.1. The molecule has 0 bridgehead atoms. The standard InChI is InChI=1S/C19H24N2O/c1-15(16-6-3-2-4-7-16)21-19(17-9-12-22-13-10-17)18-8-5-11-20-14-18/h2-8,11,14-15,17,19,21H,9-10,12-13H2,1H3/t15-,19-/m0/s1. The van der Waals surface area contributed by atoms with E-state index >= 15 is 0 Å². The summed E-state index contributed by atoms with van der Waals surface area (Å²) < 4.78 is 5.53. The second-order valence-electron chi connectivity index (χ2n) is 6.01. The van der Waals surface area contributed by atoms with Gasteiger partial charge in [0.2, 0.25) is 0 Å². The Balaban J connectivity index is 1.79. The molecule has 1 fully saturated rings. The fourth-order valence-electron chi connectivity index (χ4n) is 3.22. The van der Waals surface area contributed by atoms with E-state index in [0.29, 0.717) is 18.0 Å². The minimum Gasteiger partial charge on any atom is -0.381 e. The van der Waals surface area contributed by atoms with Crippen molar-refractivity contribution in [3.63, 3.8) is 0 Å². The number of aromatic nitrogens is 1. The molecule has 1 aromatic carbocycles. The van der Waals surface area contributed by atoms with Gasteiger partial charge in [0.15, 0.2) is 0 Å². The number of hydrogen-bond acceptors (Lipinski definition) is 3. The van der Waals surface area contributed by atoms with Crippen molar-refractivity contribution in [1.82, 2.24) is 10.3 Å². The predicted octanol–water partition coefficient (Wildman–Crippen LogP) is 3.90. The third-order valence-corrected chi connectivity index (χ3v) is 4.51. The highest BCUT2D eigenvalue weighted by Crippen LogP contribution is 2.32. The molecule has 1 aliphatic rings. The van der Waals surface area contributed by atoms with Crippen LogP contribution in [0.2, 0.25) is 0 Å². The molecule has 3 rings (SSSR count). The zero-order valence-corrected chi connectivity index (χ0v) is 13.1. The first-order chi connectivity index (χ1) is 10.8. The van der Waals surface area contributed by atoms with Gasteiger partial charge in [0.25, 0.3) is 0 Å². The van der Waals surface area contributed by atoms with Crippen LogP contribution in [-0.4, -0.2) is 18.2 Å². The highest BCUT2D eigenvalue weighted by atomic mass is 16.5. The van der Waals surface area contributed by atoms with E-state index in [1.807, 2.05) is 18.5 Å². The first kappa shape index (κ1) is 15.2. The van der Waals surface area contributed by atoms with E-state index in [-0.39, 0.29) is 0 Å². The van der Waals surface area contributed by atoms with Crippen molar-refractivity contribution in [3.05, 3.63) is 66.0 Å². The Hall–Kier alpha value is -1.71. The molecule has 3 heteroatoms. The maximum atomic E-state index is 5.53. The van der Waals surface area contributed by atoms with E-state index in [1.165, 1.54) is 11.1 Å². The molecule has 0 saturated carbocycles. The molecular formula is C19H24N2O. The van der Waals surface area contributed by atoms with Gasteiger partial charge in [0.05, 0.1) is 0 Å². The van der Waals surface area contributed by atoms with Gasteiger partial charge < -0.3 is 10.1 Å². The van der Waals surface area contributed by atoms with Crippen molar-refractivity contribution in [2.24, 2.45) is 5.92 Å². The molecule has 3 nitrogen and oxygen atoms in total. The summed E-state index contributed by atoms with van der Waals surface area (Å²) in [5.74, 6) is 0.601. The summed E-state index contributed by atoms with van der Waals surface area (Å²) >= 11 is 0. The molecule has 1 N–H and O–H groups in total. The predicted molar refractivity (Wildman–Crippen MR) is 88.5 cm³/mol. The number of rotatable bonds is 5. The van der Waals surface area contributed by atoms with Crippen LogP contribution < -0.4 is 5.32 Å². The van der Waals surface area contributed by atoms with Gasteiger partial charge in [-0.1, -0.05) is 36.4 Å². The summed E-state index contributed by atoms with van der Waals surface area (Å²) in [7, 11) is 0. The van der Waals surface area contributed by atoms with Gasteiger partial charge in [0.1, 0.15) is 0 Å². The molecular weight excluding hydrogens is 272 g/mol. The summed E-state index contributed by atoms with van der Waals surface area (Å²) in [6.45, 7) is 3.96. The van der Waals surface area contributed by atoms with Crippen molar-refractivity contribution in [2.45, 2.75) is 31.8 Å². The molecule has 2 atom stereocenters. The maximum absolute atomic E-state index is 5.53. The van der Waals surface area contributed by atoms with Crippen LogP contribution >= 0.6 is 0 Å². The SMILES string of the molecule is C[C@H](N[C@H](c1cccnc1)C1CCOCC1)c1ccccc1. The van der Waals surface area contributed by atoms with Crippen LogP contribution in [0.25, 0.3) is 0 Å². The highest BCUT2D eigenvalue weighted by molar-refractivity contribution is 5.21. The van der Waals surface area contributed by atoms with E-state index in [1.54, 1.807) is 0 Å². The summed E-state index contributed by atoms with van der Waals surface area (Å²) in [5, 5.41) is 3.82. The topological polar surface area (TPSA) is 34.2 Å². The first-order valence-corrected chi connectivity index (χ1v) is 8.13. The van der Waals surface area contributed by atoms with Crippen LogP contribution in [0.15, 0.2) is 54.9 Å². The molecule has 2 heterocycles. The monoisotopic (exact) mass is 296 g/mol. The van der Waals surface area contributed by atoms with Gasteiger partial charge in [-0.15, -0.1) is 0 Å². The molecule has 22 heavy (non-hydrogen) atoms. The Labute approximate surface area is 132 Å². The fraction of sp³-hybridized carbons (Fsp3) is 0.421. The van der Waals surface area contributed by atoms with Crippen molar-refractivity contribution >= 4 is 0 Å². The number of ether oxygens (including phenoxy) is 1. The molecule has 0 amide bonds. The van der Waals surface area contributed by atoms with Gasteiger partial charge in [-0.25, -0.2) is 0 Å². The van der Waals surface area contributed by atoms with Gasteiger partial charge in [-0.2, -0.15) is 0 Å². The summed E-state index contributed by atoms with van der Waals surface area (Å²) in [6, 6.07) is 15.5. The normalized spacial score (nSPS) is 18.8. The number of nitrogens with zero attached hydrogens (tertiary/aromatic N) is 1. The van der Waals surface area contributed by atoms with Crippen LogP contribution in [0.4, 0.5) is 0 Å². The molecule has 0 unspecified atom stereocenters. The second kappa shape index (κ2) is 7.52. The Morgan fingerprint density at radius 1 is 1.05 bits per heavy atom. The van der Waals surface area contributed by atoms with Crippen LogP contribution in [0.1, 0.15) is 43.0 Å². The average molecular weight is 296 g/mol. The second-order valence-corrected chi connectivity index (χ2v) is 6.01. The molecule has 1 aliphatic heterocycles. The molecule has 1 aromatic heterocycles. The third kappa shape index (κ3) is 3.73. The van der Waals surface area contributed by atoms with E-state index in [9.17, 15) is 0 Å². The smallest absolute Gasteiger partial charge is 0.0469 e. The quantitative estimate of drug-likeness (QED) is 0.908. The minimum absolute atomic E-state index is 0.314. The number of pyridine rings is 1. The van der Waals surface area contributed by atoms with E-state index < -0.39 is 0 Å². The Morgan fingerprint density at radius 2 is 1.77 bits per heavy atom. The zero-order chi connectivity index (χ0) is 15.2. The largest absolute Gasteiger partial charge is 0.381 e. The molecule has 116 valence electrons. The van der Waals surface area contributed by atoms with Crippen molar-refractivity contribution in [3.8, 4) is 0 Å². The maximum Gasteiger partial charge on any atom is 0.0469 e. The highest BCUT2D eigenvalue weighted by Gasteiger charge is 2.26. The molecule has 0 spiro atoms. The molecule has 2 aromatic rings. The van der Waals surface area contributed by atoms with E-state index in [0.717, 1.165) is 26.1 Å². The summed E-state index contributed by atoms with van der Waals surface area (Å²) in [5.41, 5.74) is 2.60. The average Bonchev–Trinajstić information content (AvgIpc) is 2.62. The van der Waals surface area contributed by atoms with Crippen molar-refractivity contribution in [2.75, 3.05) is 13.2 Å². The van der Waals surface area contributed by atoms with Crippen LogP contribution in [-0.2, 0) is 4.74 Å². The Morgan fingerprint density at radius 3 is 2.45 bits per heavy atom. The van der Waals surface area contributed by atoms with Gasteiger partial charge in [-0.3, -0.25) is 4.98 Å². The summed E-state index contributed by atoms with van der Waals surface area (Å²) in [4.78, 5) is 4.31. The minimum atomic E-state index is 0.314. The van der Waals surface area contributed by atoms with E-state index in [4.69, 9.17) is 4.74 Å².